The molecule has 0 atom stereocenters. The van der Waals surface area contributed by atoms with Crippen LogP contribution in [0.2, 0.25) is 0 Å². The largest absolute Gasteiger partial charge is 0.573 e. The van der Waals surface area contributed by atoms with Gasteiger partial charge in [-0.3, -0.25) is 0 Å². The Hall–Kier alpha value is -2.27. The Morgan fingerprint density at radius 2 is 1.54 bits per heavy atom. The molecule has 1 aromatic heterocycles. The lowest BCUT2D eigenvalue weighted by atomic mass is 9.77. The molecule has 2 N–H and O–H groups in total. The van der Waals surface area contributed by atoms with E-state index in [0.717, 1.165) is 18.2 Å². The molecular formula is C13H8BF6NO3. The summed E-state index contributed by atoms with van der Waals surface area (Å²) in [4.78, 5) is 3.23. The fourth-order valence-corrected chi connectivity index (χ4v) is 1.93. The summed E-state index contributed by atoms with van der Waals surface area (Å²) in [5, 5.41) is 18.5. The summed E-state index contributed by atoms with van der Waals surface area (Å²) in [6, 6.07) is 5.53. The number of ether oxygens (including phenoxy) is 1. The maximum atomic E-state index is 12.8. The number of pyridine rings is 1. The maximum Gasteiger partial charge on any atom is 0.573 e. The summed E-state index contributed by atoms with van der Waals surface area (Å²) in [7, 11) is -2.24. The smallest absolute Gasteiger partial charge is 0.423 e. The van der Waals surface area contributed by atoms with Gasteiger partial charge in [0.25, 0.3) is 0 Å². The Labute approximate surface area is 131 Å². The van der Waals surface area contributed by atoms with Crippen molar-refractivity contribution in [1.82, 2.24) is 4.98 Å². The van der Waals surface area contributed by atoms with E-state index in [1.165, 1.54) is 12.1 Å². The SMILES string of the molecule is OB(O)c1ccc(C(F)(F)F)nc1-c1ccccc1OC(F)(F)F. The molecule has 24 heavy (non-hydrogen) atoms. The summed E-state index contributed by atoms with van der Waals surface area (Å²) < 4.78 is 79.5. The number of para-hydroxylation sites is 1. The first kappa shape index (κ1) is 18.1. The van der Waals surface area contributed by atoms with E-state index in [2.05, 4.69) is 9.72 Å². The topological polar surface area (TPSA) is 62.6 Å². The molecule has 1 aromatic carbocycles. The summed E-state index contributed by atoms with van der Waals surface area (Å²) >= 11 is 0. The number of benzene rings is 1. The van der Waals surface area contributed by atoms with Gasteiger partial charge in [-0.05, 0) is 18.2 Å². The molecule has 0 fully saturated rings. The van der Waals surface area contributed by atoms with Crippen molar-refractivity contribution >= 4 is 12.6 Å². The first-order valence-electron chi connectivity index (χ1n) is 6.28. The Balaban J connectivity index is 2.67. The number of rotatable bonds is 3. The van der Waals surface area contributed by atoms with E-state index in [0.29, 0.717) is 6.07 Å². The number of aromatic nitrogens is 1. The van der Waals surface area contributed by atoms with Crippen LogP contribution < -0.4 is 10.2 Å². The van der Waals surface area contributed by atoms with Gasteiger partial charge in [-0.25, -0.2) is 4.98 Å². The van der Waals surface area contributed by atoms with Gasteiger partial charge in [0.1, 0.15) is 11.4 Å². The van der Waals surface area contributed by atoms with Crippen molar-refractivity contribution < 1.29 is 41.1 Å². The minimum Gasteiger partial charge on any atom is -0.423 e. The van der Waals surface area contributed by atoms with Gasteiger partial charge in [0, 0.05) is 11.0 Å². The van der Waals surface area contributed by atoms with Gasteiger partial charge in [0.15, 0.2) is 0 Å². The van der Waals surface area contributed by atoms with Gasteiger partial charge < -0.3 is 14.8 Å². The van der Waals surface area contributed by atoms with E-state index >= 15 is 0 Å². The summed E-state index contributed by atoms with van der Waals surface area (Å²) in [5.74, 6) is -0.821. The molecule has 0 aliphatic rings. The third kappa shape index (κ3) is 4.17. The second-order valence-corrected chi connectivity index (χ2v) is 4.55. The van der Waals surface area contributed by atoms with Crippen molar-refractivity contribution in [2.24, 2.45) is 0 Å². The minimum absolute atomic E-state index is 0.468. The Kier molecular flexibility index (Phi) is 4.76. The highest BCUT2D eigenvalue weighted by atomic mass is 19.4. The molecule has 0 saturated heterocycles. The average Bonchev–Trinajstić information content (AvgIpc) is 2.44. The van der Waals surface area contributed by atoms with Crippen LogP contribution in [0.3, 0.4) is 0 Å². The highest BCUT2D eigenvalue weighted by Crippen LogP contribution is 2.34. The molecule has 0 spiro atoms. The van der Waals surface area contributed by atoms with Crippen molar-refractivity contribution in [2.45, 2.75) is 12.5 Å². The first-order chi connectivity index (χ1) is 11.0. The summed E-state index contributed by atoms with van der Waals surface area (Å²) in [6.07, 6.45) is -9.96. The first-order valence-corrected chi connectivity index (χ1v) is 6.28. The lowest BCUT2D eigenvalue weighted by Gasteiger charge is -2.16. The number of hydrogen-bond acceptors (Lipinski definition) is 4. The molecule has 2 rings (SSSR count). The van der Waals surface area contributed by atoms with Gasteiger partial charge in [-0.15, -0.1) is 13.2 Å². The zero-order chi connectivity index (χ0) is 18.1. The Morgan fingerprint density at radius 1 is 0.917 bits per heavy atom. The molecule has 0 bridgehead atoms. The molecular weight excluding hydrogens is 343 g/mol. The molecule has 0 radical (unpaired) electrons. The van der Waals surface area contributed by atoms with Crippen molar-refractivity contribution in [3.63, 3.8) is 0 Å². The number of alkyl halides is 6. The van der Waals surface area contributed by atoms with Crippen LogP contribution in [0.5, 0.6) is 5.75 Å². The second kappa shape index (κ2) is 6.32. The fraction of sp³-hybridized carbons (Fsp3) is 0.154. The van der Waals surface area contributed by atoms with Gasteiger partial charge >= 0.3 is 19.7 Å². The molecule has 0 aliphatic carbocycles. The lowest BCUT2D eigenvalue weighted by molar-refractivity contribution is -0.274. The number of hydrogen-bond donors (Lipinski definition) is 2. The Morgan fingerprint density at radius 3 is 2.08 bits per heavy atom. The number of halogens is 6. The molecule has 4 nitrogen and oxygen atoms in total. The average molecular weight is 351 g/mol. The van der Waals surface area contributed by atoms with Gasteiger partial charge in [-0.1, -0.05) is 18.2 Å². The summed E-state index contributed by atoms with van der Waals surface area (Å²) in [6.45, 7) is 0. The lowest BCUT2D eigenvalue weighted by Crippen LogP contribution is -2.33. The van der Waals surface area contributed by atoms with Crippen LogP contribution in [-0.2, 0) is 6.18 Å². The van der Waals surface area contributed by atoms with Crippen LogP contribution in [0, 0.1) is 0 Å². The zero-order valence-corrected chi connectivity index (χ0v) is 11.6. The molecule has 0 unspecified atom stereocenters. The van der Waals surface area contributed by atoms with Crippen molar-refractivity contribution in [3.05, 3.63) is 42.1 Å². The highest BCUT2D eigenvalue weighted by Gasteiger charge is 2.36. The van der Waals surface area contributed by atoms with E-state index in [1.54, 1.807) is 0 Å². The molecule has 1 heterocycles. The quantitative estimate of drug-likeness (QED) is 0.658. The van der Waals surface area contributed by atoms with Crippen molar-refractivity contribution in [1.29, 1.82) is 0 Å². The van der Waals surface area contributed by atoms with Gasteiger partial charge in [0.2, 0.25) is 0 Å². The molecule has 11 heteroatoms. The molecule has 128 valence electrons. The third-order valence-electron chi connectivity index (χ3n) is 2.86. The van der Waals surface area contributed by atoms with E-state index < -0.39 is 47.8 Å². The second-order valence-electron chi connectivity index (χ2n) is 4.55. The zero-order valence-electron chi connectivity index (χ0n) is 11.6. The van der Waals surface area contributed by atoms with E-state index in [9.17, 15) is 36.4 Å². The van der Waals surface area contributed by atoms with Crippen LogP contribution in [0.25, 0.3) is 11.3 Å². The minimum atomic E-state index is -5.09. The van der Waals surface area contributed by atoms with Crippen LogP contribution in [-0.4, -0.2) is 28.5 Å². The van der Waals surface area contributed by atoms with E-state index in [-0.39, 0.29) is 0 Å². The standard InChI is InChI=1S/C13H8BF6NO3/c15-12(16,17)10-6-5-8(14(22)23)11(21-10)7-3-1-2-4-9(7)24-13(18,19)20/h1-6,22-23H. The third-order valence-corrected chi connectivity index (χ3v) is 2.86. The molecule has 0 saturated carbocycles. The van der Waals surface area contributed by atoms with Gasteiger partial charge in [0.05, 0.1) is 5.69 Å². The monoisotopic (exact) mass is 351 g/mol. The number of nitrogens with zero attached hydrogens (tertiary/aromatic N) is 1. The van der Waals surface area contributed by atoms with Crippen LogP contribution in [0.4, 0.5) is 26.3 Å². The van der Waals surface area contributed by atoms with E-state index in [1.807, 2.05) is 0 Å². The molecule has 2 aromatic rings. The maximum absolute atomic E-state index is 12.8. The van der Waals surface area contributed by atoms with E-state index in [4.69, 9.17) is 0 Å². The van der Waals surface area contributed by atoms with Crippen LogP contribution >= 0.6 is 0 Å². The fourth-order valence-electron chi connectivity index (χ4n) is 1.93. The predicted molar refractivity (Wildman–Crippen MR) is 71.2 cm³/mol. The molecule has 0 amide bonds. The predicted octanol–water partition coefficient (Wildman–Crippen LogP) is 2.35. The van der Waals surface area contributed by atoms with Gasteiger partial charge in [-0.2, -0.15) is 13.2 Å². The normalized spacial score (nSPS) is 12.2. The molecule has 0 aliphatic heterocycles. The van der Waals surface area contributed by atoms with Crippen molar-refractivity contribution in [3.8, 4) is 17.0 Å². The van der Waals surface area contributed by atoms with Crippen LogP contribution in [0.15, 0.2) is 36.4 Å². The van der Waals surface area contributed by atoms with Crippen LogP contribution in [0.1, 0.15) is 5.69 Å². The Bertz CT molecular complexity index is 732. The van der Waals surface area contributed by atoms with Crippen molar-refractivity contribution in [2.75, 3.05) is 0 Å². The summed E-state index contributed by atoms with van der Waals surface area (Å²) in [5.41, 5.74) is -3.05. The highest BCUT2D eigenvalue weighted by molar-refractivity contribution is 6.60.